The lowest BCUT2D eigenvalue weighted by atomic mass is 9.89. The Bertz CT molecular complexity index is 383. The van der Waals surface area contributed by atoms with E-state index in [-0.39, 0.29) is 29.4 Å². The Hall–Kier alpha value is -1.06. The van der Waals surface area contributed by atoms with Crippen LogP contribution in [0, 0.1) is 23.7 Å². The number of carbonyl (C=O) groups excluding carboxylic acids is 2. The maximum Gasteiger partial charge on any atom is 0.309 e. The van der Waals surface area contributed by atoms with Gasteiger partial charge in [-0.3, -0.25) is 9.59 Å². The van der Waals surface area contributed by atoms with Gasteiger partial charge in [0, 0.05) is 0 Å². The Morgan fingerprint density at radius 2 is 1.82 bits per heavy atom. The van der Waals surface area contributed by atoms with Crippen LogP contribution in [-0.4, -0.2) is 24.6 Å². The zero-order valence-corrected chi connectivity index (χ0v) is 15.0. The fourth-order valence-corrected chi connectivity index (χ4v) is 3.28. The Balaban J connectivity index is 0.000000261. The van der Waals surface area contributed by atoms with Gasteiger partial charge in [-0.25, -0.2) is 0 Å². The van der Waals surface area contributed by atoms with Crippen molar-refractivity contribution in [1.29, 1.82) is 0 Å². The van der Waals surface area contributed by atoms with E-state index in [1.165, 1.54) is 26.4 Å². The molecule has 0 aromatic carbocycles. The van der Waals surface area contributed by atoms with E-state index in [4.69, 9.17) is 4.74 Å². The highest BCUT2D eigenvalue weighted by atomic mass is 16.6. The van der Waals surface area contributed by atoms with Crippen molar-refractivity contribution in [1.82, 2.24) is 0 Å². The molecule has 128 valence electrons. The second-order valence-electron chi connectivity index (χ2n) is 7.65. The predicted octanol–water partition coefficient (Wildman–Crippen LogP) is 3.97. The molecule has 22 heavy (non-hydrogen) atoms. The molecule has 0 amide bonds. The summed E-state index contributed by atoms with van der Waals surface area (Å²) in [6.45, 7) is 9.64. The van der Waals surface area contributed by atoms with Gasteiger partial charge in [-0.1, -0.05) is 20.3 Å². The van der Waals surface area contributed by atoms with Crippen LogP contribution in [0.2, 0.25) is 0 Å². The van der Waals surface area contributed by atoms with Gasteiger partial charge in [0.05, 0.1) is 18.9 Å². The van der Waals surface area contributed by atoms with Gasteiger partial charge >= 0.3 is 11.9 Å². The molecule has 0 heterocycles. The third-order valence-corrected chi connectivity index (χ3v) is 4.66. The summed E-state index contributed by atoms with van der Waals surface area (Å²) in [6.07, 6.45) is 5.79. The lowest BCUT2D eigenvalue weighted by Gasteiger charge is -2.26. The summed E-state index contributed by atoms with van der Waals surface area (Å²) >= 11 is 0. The number of methoxy groups -OCH3 is 1. The van der Waals surface area contributed by atoms with E-state index in [9.17, 15) is 9.59 Å². The van der Waals surface area contributed by atoms with Gasteiger partial charge in [-0.2, -0.15) is 0 Å². The number of esters is 2. The number of ether oxygens (including phenoxy) is 2. The molecule has 4 heteroatoms. The minimum absolute atomic E-state index is 0.0460. The molecule has 2 bridgehead atoms. The van der Waals surface area contributed by atoms with E-state index in [1.54, 1.807) is 0 Å². The fourth-order valence-electron chi connectivity index (χ4n) is 3.28. The standard InChI is InChI=1S/C12H20O2.C6H12O2/c1-12(2,3)14-11(13)10-7-8-4-5-9(10)6-8;1-4-5(2)6(7)8-3/h8-10H,4-7H2,1-3H3;5H,4H2,1-3H3. The monoisotopic (exact) mass is 312 g/mol. The van der Waals surface area contributed by atoms with Crippen LogP contribution in [0.25, 0.3) is 0 Å². The van der Waals surface area contributed by atoms with Crippen LogP contribution >= 0.6 is 0 Å². The van der Waals surface area contributed by atoms with Crippen molar-refractivity contribution in [3.8, 4) is 0 Å². The molecule has 2 saturated carbocycles. The van der Waals surface area contributed by atoms with Crippen molar-refractivity contribution in [3.63, 3.8) is 0 Å². The average Bonchev–Trinajstić information content (AvgIpc) is 3.07. The number of fused-ring (bicyclic) bond motifs is 2. The first kappa shape index (κ1) is 19.0. The first-order chi connectivity index (χ1) is 10.2. The minimum atomic E-state index is -0.321. The number of hydrogen-bond acceptors (Lipinski definition) is 4. The summed E-state index contributed by atoms with van der Waals surface area (Å²) < 4.78 is 9.90. The van der Waals surface area contributed by atoms with Gasteiger partial charge in [-0.15, -0.1) is 0 Å². The molecule has 2 aliphatic rings. The fraction of sp³-hybridized carbons (Fsp3) is 0.889. The maximum atomic E-state index is 11.8. The van der Waals surface area contributed by atoms with Crippen molar-refractivity contribution in [3.05, 3.63) is 0 Å². The first-order valence-corrected chi connectivity index (χ1v) is 8.48. The third kappa shape index (κ3) is 5.62. The van der Waals surface area contributed by atoms with Gasteiger partial charge in [0.2, 0.25) is 0 Å². The zero-order chi connectivity index (χ0) is 16.9. The molecule has 4 unspecified atom stereocenters. The SMILES string of the molecule is CC(C)(C)OC(=O)C1CC2CCC1C2.CCC(C)C(=O)OC. The summed E-state index contributed by atoms with van der Waals surface area (Å²) in [6, 6.07) is 0. The summed E-state index contributed by atoms with van der Waals surface area (Å²) in [5.74, 6) is 1.65. The summed E-state index contributed by atoms with van der Waals surface area (Å²) in [5, 5.41) is 0. The number of carbonyl (C=O) groups is 2. The van der Waals surface area contributed by atoms with E-state index in [0.717, 1.165) is 18.8 Å². The molecule has 0 saturated heterocycles. The number of rotatable bonds is 3. The van der Waals surface area contributed by atoms with Crippen molar-refractivity contribution >= 4 is 11.9 Å². The van der Waals surface area contributed by atoms with E-state index in [1.807, 2.05) is 34.6 Å². The van der Waals surface area contributed by atoms with Crippen molar-refractivity contribution in [2.75, 3.05) is 7.11 Å². The first-order valence-electron chi connectivity index (χ1n) is 8.48. The largest absolute Gasteiger partial charge is 0.469 e. The highest BCUT2D eigenvalue weighted by Crippen LogP contribution is 2.48. The second kappa shape index (κ2) is 7.98. The molecule has 4 nitrogen and oxygen atoms in total. The normalized spacial score (nSPS) is 27.6. The van der Waals surface area contributed by atoms with Crippen molar-refractivity contribution in [2.24, 2.45) is 23.7 Å². The van der Waals surface area contributed by atoms with E-state index in [0.29, 0.717) is 5.92 Å². The highest BCUT2D eigenvalue weighted by Gasteiger charge is 2.44. The van der Waals surface area contributed by atoms with Crippen molar-refractivity contribution < 1.29 is 19.1 Å². The van der Waals surface area contributed by atoms with Crippen molar-refractivity contribution in [2.45, 2.75) is 72.3 Å². The molecule has 2 rings (SSSR count). The van der Waals surface area contributed by atoms with Crippen LogP contribution in [-0.2, 0) is 19.1 Å². The molecule has 4 atom stereocenters. The van der Waals surface area contributed by atoms with Gasteiger partial charge < -0.3 is 9.47 Å². The molecular weight excluding hydrogens is 280 g/mol. The molecule has 2 fully saturated rings. The van der Waals surface area contributed by atoms with Gasteiger partial charge in [0.15, 0.2) is 0 Å². The average molecular weight is 312 g/mol. The van der Waals surface area contributed by atoms with Crippen LogP contribution in [0.5, 0.6) is 0 Å². The van der Waals surface area contributed by atoms with Crippen LogP contribution < -0.4 is 0 Å². The molecule has 0 radical (unpaired) electrons. The van der Waals surface area contributed by atoms with Crippen LogP contribution in [0.15, 0.2) is 0 Å². The maximum absolute atomic E-state index is 11.8. The lowest BCUT2D eigenvalue weighted by Crippen LogP contribution is -2.31. The van der Waals surface area contributed by atoms with E-state index in [2.05, 4.69) is 4.74 Å². The minimum Gasteiger partial charge on any atom is -0.469 e. The van der Waals surface area contributed by atoms with Gasteiger partial charge in [0.1, 0.15) is 5.60 Å². The van der Waals surface area contributed by atoms with Gasteiger partial charge in [-0.05, 0) is 58.3 Å². The Kier molecular flexibility index (Phi) is 6.89. The lowest BCUT2D eigenvalue weighted by molar-refractivity contribution is -0.161. The van der Waals surface area contributed by atoms with Crippen LogP contribution in [0.1, 0.15) is 66.7 Å². The van der Waals surface area contributed by atoms with Crippen LogP contribution in [0.4, 0.5) is 0 Å². The predicted molar refractivity (Wildman–Crippen MR) is 86.3 cm³/mol. The summed E-state index contributed by atoms with van der Waals surface area (Å²) in [7, 11) is 1.41. The van der Waals surface area contributed by atoms with E-state index < -0.39 is 0 Å². The molecule has 0 aliphatic heterocycles. The smallest absolute Gasteiger partial charge is 0.309 e. The summed E-state index contributed by atoms with van der Waals surface area (Å²) in [4.78, 5) is 22.3. The quantitative estimate of drug-likeness (QED) is 0.740. The molecule has 0 aromatic heterocycles. The Morgan fingerprint density at radius 3 is 2.14 bits per heavy atom. The van der Waals surface area contributed by atoms with Crippen LogP contribution in [0.3, 0.4) is 0 Å². The third-order valence-electron chi connectivity index (χ3n) is 4.66. The number of hydrogen-bond donors (Lipinski definition) is 0. The zero-order valence-electron chi connectivity index (χ0n) is 15.0. The molecule has 0 N–H and O–H groups in total. The molecule has 2 aliphatic carbocycles. The topological polar surface area (TPSA) is 52.6 Å². The second-order valence-corrected chi connectivity index (χ2v) is 7.65. The Labute approximate surface area is 134 Å². The molecule has 0 spiro atoms. The molecular formula is C18H32O4. The van der Waals surface area contributed by atoms with E-state index >= 15 is 0 Å². The highest BCUT2D eigenvalue weighted by molar-refractivity contribution is 5.74. The van der Waals surface area contributed by atoms with Gasteiger partial charge in [0.25, 0.3) is 0 Å². The Morgan fingerprint density at radius 1 is 1.18 bits per heavy atom. The molecule has 0 aromatic rings. The summed E-state index contributed by atoms with van der Waals surface area (Å²) in [5.41, 5.74) is -0.321.